The number of nitrogens with zero attached hydrogens (tertiary/aromatic N) is 2. The SMILES string of the molecule is Cc1cnc(C(=O)Nc2ccc(B3OC(C)(C)C(C)(C)O3)cc2)cn1. The molecule has 2 aromatic rings. The lowest BCUT2D eigenvalue weighted by atomic mass is 9.79. The number of hydrogen-bond acceptors (Lipinski definition) is 5. The second-order valence-corrected chi connectivity index (χ2v) is 7.21. The molecule has 2 heterocycles. The standard InChI is InChI=1S/C18H22BN3O3/c1-12-10-21-15(11-20-12)16(23)22-14-8-6-13(7-9-14)19-24-17(2,3)18(4,5)25-19/h6-11H,1-5H3,(H,22,23). The first-order chi connectivity index (χ1) is 11.7. The Balaban J connectivity index is 1.69. The van der Waals surface area contributed by atoms with Crippen molar-refractivity contribution in [2.75, 3.05) is 5.32 Å². The molecule has 6 nitrogen and oxygen atoms in total. The van der Waals surface area contributed by atoms with E-state index in [9.17, 15) is 4.79 Å². The maximum atomic E-state index is 12.2. The highest BCUT2D eigenvalue weighted by Crippen LogP contribution is 2.36. The van der Waals surface area contributed by atoms with Crippen LogP contribution in [-0.2, 0) is 9.31 Å². The van der Waals surface area contributed by atoms with E-state index in [0.29, 0.717) is 5.69 Å². The Hall–Kier alpha value is -2.25. The average Bonchev–Trinajstić information content (AvgIpc) is 2.76. The molecule has 0 aliphatic carbocycles. The number of nitrogens with one attached hydrogen (secondary N) is 1. The summed E-state index contributed by atoms with van der Waals surface area (Å²) in [6, 6.07) is 7.41. The Morgan fingerprint density at radius 1 is 1.00 bits per heavy atom. The number of aryl methyl sites for hydroxylation is 1. The van der Waals surface area contributed by atoms with Gasteiger partial charge >= 0.3 is 7.12 Å². The Labute approximate surface area is 148 Å². The van der Waals surface area contributed by atoms with Crippen LogP contribution in [-0.4, -0.2) is 34.2 Å². The summed E-state index contributed by atoms with van der Waals surface area (Å²) in [6.07, 6.45) is 3.03. The molecule has 0 saturated carbocycles. The molecule has 130 valence electrons. The van der Waals surface area contributed by atoms with Crippen molar-refractivity contribution in [1.82, 2.24) is 9.97 Å². The second-order valence-electron chi connectivity index (χ2n) is 7.21. The average molecular weight is 339 g/mol. The van der Waals surface area contributed by atoms with Gasteiger partial charge in [0, 0.05) is 11.9 Å². The van der Waals surface area contributed by atoms with Crippen LogP contribution in [0.1, 0.15) is 43.9 Å². The highest BCUT2D eigenvalue weighted by Gasteiger charge is 2.51. The number of carbonyl (C=O) groups is 1. The van der Waals surface area contributed by atoms with E-state index in [0.717, 1.165) is 11.2 Å². The minimum atomic E-state index is -0.419. The number of aromatic nitrogens is 2. The highest BCUT2D eigenvalue weighted by molar-refractivity contribution is 6.62. The predicted molar refractivity (Wildman–Crippen MR) is 96.9 cm³/mol. The first-order valence-electron chi connectivity index (χ1n) is 8.23. The fraction of sp³-hybridized carbons (Fsp3) is 0.389. The summed E-state index contributed by atoms with van der Waals surface area (Å²) in [4.78, 5) is 20.3. The summed E-state index contributed by atoms with van der Waals surface area (Å²) in [5.74, 6) is -0.295. The molecule has 0 radical (unpaired) electrons. The molecule has 1 aliphatic heterocycles. The van der Waals surface area contributed by atoms with E-state index >= 15 is 0 Å². The van der Waals surface area contributed by atoms with Gasteiger partial charge in [0.1, 0.15) is 5.69 Å². The first kappa shape index (κ1) is 17.6. The molecule has 1 amide bonds. The number of benzene rings is 1. The van der Waals surface area contributed by atoms with Crippen molar-refractivity contribution < 1.29 is 14.1 Å². The van der Waals surface area contributed by atoms with E-state index in [1.165, 1.54) is 6.20 Å². The van der Waals surface area contributed by atoms with Gasteiger partial charge in [-0.25, -0.2) is 4.98 Å². The quantitative estimate of drug-likeness (QED) is 0.869. The monoisotopic (exact) mass is 339 g/mol. The van der Waals surface area contributed by atoms with Crippen LogP contribution in [0.4, 0.5) is 5.69 Å². The fourth-order valence-electron chi connectivity index (χ4n) is 2.41. The van der Waals surface area contributed by atoms with Gasteiger partial charge in [-0.1, -0.05) is 12.1 Å². The van der Waals surface area contributed by atoms with Crippen LogP contribution in [0.15, 0.2) is 36.7 Å². The van der Waals surface area contributed by atoms with Crippen molar-refractivity contribution in [2.24, 2.45) is 0 Å². The lowest BCUT2D eigenvalue weighted by Gasteiger charge is -2.32. The molecule has 1 aromatic heterocycles. The van der Waals surface area contributed by atoms with E-state index < -0.39 is 7.12 Å². The zero-order chi connectivity index (χ0) is 18.2. The molecule has 0 atom stereocenters. The molecule has 1 aliphatic rings. The smallest absolute Gasteiger partial charge is 0.399 e. The molecule has 3 rings (SSSR count). The van der Waals surface area contributed by atoms with Crippen molar-refractivity contribution in [1.29, 1.82) is 0 Å². The zero-order valence-electron chi connectivity index (χ0n) is 15.2. The fourth-order valence-corrected chi connectivity index (χ4v) is 2.41. The third-order valence-corrected chi connectivity index (χ3v) is 4.71. The summed E-state index contributed by atoms with van der Waals surface area (Å²) < 4.78 is 12.0. The molecular weight excluding hydrogens is 317 g/mol. The molecule has 1 N–H and O–H groups in total. The van der Waals surface area contributed by atoms with Gasteiger partial charge in [-0.3, -0.25) is 9.78 Å². The summed E-state index contributed by atoms with van der Waals surface area (Å²) in [7, 11) is -0.419. The summed E-state index contributed by atoms with van der Waals surface area (Å²) >= 11 is 0. The lowest BCUT2D eigenvalue weighted by Crippen LogP contribution is -2.41. The van der Waals surface area contributed by atoms with E-state index in [1.54, 1.807) is 6.20 Å². The molecule has 1 saturated heterocycles. The third kappa shape index (κ3) is 3.57. The number of hydrogen-bond donors (Lipinski definition) is 1. The molecule has 0 unspecified atom stereocenters. The molecule has 1 fully saturated rings. The van der Waals surface area contributed by atoms with Crippen molar-refractivity contribution in [3.8, 4) is 0 Å². The molecular formula is C18H22BN3O3. The molecule has 0 bridgehead atoms. The lowest BCUT2D eigenvalue weighted by molar-refractivity contribution is 0.00578. The van der Waals surface area contributed by atoms with Gasteiger partial charge in [0.25, 0.3) is 5.91 Å². The number of rotatable bonds is 3. The Morgan fingerprint density at radius 2 is 1.60 bits per heavy atom. The molecule has 1 aromatic carbocycles. The van der Waals surface area contributed by atoms with E-state index in [4.69, 9.17) is 9.31 Å². The Bertz CT molecular complexity index is 757. The number of carbonyl (C=O) groups excluding carboxylic acids is 1. The molecule has 0 spiro atoms. The summed E-state index contributed by atoms with van der Waals surface area (Å²) in [5, 5.41) is 2.80. The van der Waals surface area contributed by atoms with E-state index in [2.05, 4.69) is 15.3 Å². The summed E-state index contributed by atoms with van der Waals surface area (Å²) in [6.45, 7) is 9.89. The summed E-state index contributed by atoms with van der Waals surface area (Å²) in [5.41, 5.74) is 1.87. The van der Waals surface area contributed by atoms with Crippen molar-refractivity contribution in [3.05, 3.63) is 48.0 Å². The number of anilines is 1. The minimum Gasteiger partial charge on any atom is -0.399 e. The van der Waals surface area contributed by atoms with Gasteiger partial charge in [-0.05, 0) is 52.2 Å². The highest BCUT2D eigenvalue weighted by atomic mass is 16.7. The van der Waals surface area contributed by atoms with Crippen LogP contribution in [0.25, 0.3) is 0 Å². The van der Waals surface area contributed by atoms with Gasteiger partial charge < -0.3 is 14.6 Å². The number of amides is 1. The van der Waals surface area contributed by atoms with Crippen molar-refractivity contribution >= 4 is 24.2 Å². The van der Waals surface area contributed by atoms with Crippen LogP contribution in [0.5, 0.6) is 0 Å². The van der Waals surface area contributed by atoms with Crippen LogP contribution < -0.4 is 10.8 Å². The van der Waals surface area contributed by atoms with Crippen LogP contribution in [0.2, 0.25) is 0 Å². The van der Waals surface area contributed by atoms with Gasteiger partial charge in [0.05, 0.1) is 23.1 Å². The van der Waals surface area contributed by atoms with Crippen LogP contribution in [0, 0.1) is 6.92 Å². The third-order valence-electron chi connectivity index (χ3n) is 4.71. The topological polar surface area (TPSA) is 73.3 Å². The minimum absolute atomic E-state index is 0.278. The van der Waals surface area contributed by atoms with Gasteiger partial charge in [0.2, 0.25) is 0 Å². The van der Waals surface area contributed by atoms with Crippen molar-refractivity contribution in [2.45, 2.75) is 45.8 Å². The first-order valence-corrected chi connectivity index (χ1v) is 8.23. The van der Waals surface area contributed by atoms with Crippen LogP contribution >= 0.6 is 0 Å². The van der Waals surface area contributed by atoms with Crippen molar-refractivity contribution in [3.63, 3.8) is 0 Å². The maximum Gasteiger partial charge on any atom is 0.494 e. The van der Waals surface area contributed by atoms with Crippen LogP contribution in [0.3, 0.4) is 0 Å². The van der Waals surface area contributed by atoms with Gasteiger partial charge in [-0.15, -0.1) is 0 Å². The largest absolute Gasteiger partial charge is 0.494 e. The zero-order valence-corrected chi connectivity index (χ0v) is 15.2. The second kappa shape index (κ2) is 6.24. The van der Waals surface area contributed by atoms with E-state index in [-0.39, 0.29) is 22.8 Å². The Kier molecular flexibility index (Phi) is 4.39. The Morgan fingerprint density at radius 3 is 2.12 bits per heavy atom. The van der Waals surface area contributed by atoms with Gasteiger partial charge in [0.15, 0.2) is 0 Å². The van der Waals surface area contributed by atoms with E-state index in [1.807, 2.05) is 58.9 Å². The predicted octanol–water partition coefficient (Wildman–Crippen LogP) is 2.34. The molecule has 7 heteroatoms. The normalized spacial score (nSPS) is 18.2. The maximum absolute atomic E-state index is 12.2. The van der Waals surface area contributed by atoms with Gasteiger partial charge in [-0.2, -0.15) is 0 Å². The molecule has 25 heavy (non-hydrogen) atoms.